The molecule has 1 aromatic heterocycles. The van der Waals surface area contributed by atoms with Crippen molar-refractivity contribution in [3.05, 3.63) is 66.9 Å². The zero-order chi connectivity index (χ0) is 28.1. The quantitative estimate of drug-likeness (QED) is 0.363. The smallest absolute Gasteiger partial charge is 0.322 e. The standard InChI is InChI=1S/C34H40N4O3/c1-3-22(2)41-28-12-13-29(35-21-28)24-8-10-27(11-9-24)37-14-15-38(31-7-5-4-6-30(31)37)33(39)36-32-25-16-23-17-26(32)20-34(40,18-23)19-25/h4-13,21-23,25-26,32,40H,3,14-20H2,1-2H3,(H,36,39). The van der Waals surface area contributed by atoms with Crippen molar-refractivity contribution in [1.29, 1.82) is 0 Å². The van der Waals surface area contributed by atoms with Gasteiger partial charge >= 0.3 is 6.03 Å². The van der Waals surface area contributed by atoms with E-state index < -0.39 is 5.60 Å². The van der Waals surface area contributed by atoms with E-state index in [0.29, 0.717) is 30.8 Å². The zero-order valence-corrected chi connectivity index (χ0v) is 24.0. The number of amides is 2. The molecule has 3 atom stereocenters. The summed E-state index contributed by atoms with van der Waals surface area (Å²) >= 11 is 0. The second-order valence-corrected chi connectivity index (χ2v) is 12.7. The Morgan fingerprint density at radius 1 is 1.02 bits per heavy atom. The van der Waals surface area contributed by atoms with Crippen LogP contribution in [0.1, 0.15) is 52.4 Å². The van der Waals surface area contributed by atoms with Crippen molar-refractivity contribution in [2.75, 3.05) is 22.9 Å². The largest absolute Gasteiger partial charge is 0.489 e. The average molecular weight is 553 g/mol. The summed E-state index contributed by atoms with van der Waals surface area (Å²) in [6.07, 6.45) is 7.80. The van der Waals surface area contributed by atoms with Crippen LogP contribution in [0.15, 0.2) is 66.9 Å². The maximum absolute atomic E-state index is 13.7. The first-order valence-corrected chi connectivity index (χ1v) is 15.3. The van der Waals surface area contributed by atoms with Crippen LogP contribution < -0.4 is 19.9 Å². The number of anilines is 3. The second kappa shape index (κ2) is 10.4. The predicted molar refractivity (Wildman–Crippen MR) is 162 cm³/mol. The van der Waals surface area contributed by atoms with Gasteiger partial charge in [-0.15, -0.1) is 0 Å². The van der Waals surface area contributed by atoms with E-state index in [0.717, 1.165) is 72.6 Å². The van der Waals surface area contributed by atoms with Gasteiger partial charge in [-0.05, 0) is 99.6 Å². The van der Waals surface area contributed by atoms with Gasteiger partial charge in [0.2, 0.25) is 0 Å². The van der Waals surface area contributed by atoms with Gasteiger partial charge in [-0.2, -0.15) is 0 Å². The molecular formula is C34H40N4O3. The molecule has 0 saturated heterocycles. The van der Waals surface area contributed by atoms with Crippen LogP contribution in [0.2, 0.25) is 0 Å². The number of ether oxygens (including phenoxy) is 1. The van der Waals surface area contributed by atoms with Crippen LogP contribution in [0.3, 0.4) is 0 Å². The number of aromatic nitrogens is 1. The molecule has 4 saturated carbocycles. The number of nitrogens with zero attached hydrogens (tertiary/aromatic N) is 3. The zero-order valence-electron chi connectivity index (χ0n) is 24.0. The molecule has 1 aliphatic heterocycles. The van der Waals surface area contributed by atoms with Crippen LogP contribution in [0.4, 0.5) is 21.9 Å². The summed E-state index contributed by atoms with van der Waals surface area (Å²) in [7, 11) is 0. The maximum atomic E-state index is 13.7. The van der Waals surface area contributed by atoms with E-state index in [9.17, 15) is 9.90 Å². The average Bonchev–Trinajstić information content (AvgIpc) is 2.98. The Bertz CT molecular complexity index is 1390. The third-order valence-electron chi connectivity index (χ3n) is 9.91. The Morgan fingerprint density at radius 3 is 2.41 bits per heavy atom. The molecule has 4 aliphatic carbocycles. The van der Waals surface area contributed by atoms with Crippen LogP contribution in [0.25, 0.3) is 11.3 Å². The molecule has 4 fully saturated rings. The Kier molecular flexibility index (Phi) is 6.65. The molecule has 2 amide bonds. The molecule has 2 aromatic carbocycles. The highest BCUT2D eigenvalue weighted by Crippen LogP contribution is 2.55. The lowest BCUT2D eigenvalue weighted by Crippen LogP contribution is -2.63. The summed E-state index contributed by atoms with van der Waals surface area (Å²) in [5.41, 5.74) is 4.52. The number of carbonyl (C=O) groups is 1. The molecule has 2 N–H and O–H groups in total. The fraction of sp³-hybridized carbons (Fsp3) is 0.471. The van der Waals surface area contributed by atoms with E-state index in [1.165, 1.54) is 0 Å². The molecule has 7 heteroatoms. The minimum atomic E-state index is -0.493. The van der Waals surface area contributed by atoms with E-state index in [1.807, 2.05) is 35.2 Å². The minimum absolute atomic E-state index is 0.0104. The number of pyridine rings is 1. The monoisotopic (exact) mass is 552 g/mol. The Labute approximate surface area is 242 Å². The van der Waals surface area contributed by atoms with E-state index in [4.69, 9.17) is 4.74 Å². The maximum Gasteiger partial charge on any atom is 0.322 e. The molecule has 2 heterocycles. The molecule has 5 aliphatic rings. The molecule has 214 valence electrons. The van der Waals surface area contributed by atoms with Gasteiger partial charge in [0.15, 0.2) is 0 Å². The van der Waals surface area contributed by atoms with Gasteiger partial charge in [0.1, 0.15) is 5.75 Å². The molecule has 4 bridgehead atoms. The number of para-hydroxylation sites is 2. The first-order valence-electron chi connectivity index (χ1n) is 15.3. The van der Waals surface area contributed by atoms with Crippen LogP contribution in [0, 0.1) is 17.8 Å². The summed E-state index contributed by atoms with van der Waals surface area (Å²) in [6.45, 7) is 5.49. The van der Waals surface area contributed by atoms with Gasteiger partial charge in [0.05, 0.1) is 35.0 Å². The summed E-state index contributed by atoms with van der Waals surface area (Å²) in [4.78, 5) is 22.5. The minimum Gasteiger partial charge on any atom is -0.489 e. The predicted octanol–water partition coefficient (Wildman–Crippen LogP) is 6.53. The Balaban J connectivity index is 1.06. The van der Waals surface area contributed by atoms with Gasteiger partial charge in [-0.3, -0.25) is 9.88 Å². The molecular weight excluding hydrogens is 512 g/mol. The molecule has 3 unspecified atom stereocenters. The van der Waals surface area contributed by atoms with Crippen molar-refractivity contribution in [1.82, 2.24) is 10.3 Å². The van der Waals surface area contributed by atoms with Gasteiger partial charge in [-0.25, -0.2) is 4.79 Å². The van der Waals surface area contributed by atoms with Crippen molar-refractivity contribution >= 4 is 23.1 Å². The molecule has 0 radical (unpaired) electrons. The molecule has 3 aromatic rings. The van der Waals surface area contributed by atoms with Crippen molar-refractivity contribution in [3.63, 3.8) is 0 Å². The lowest BCUT2D eigenvalue weighted by molar-refractivity contribution is -0.136. The first kappa shape index (κ1) is 26.3. The van der Waals surface area contributed by atoms with E-state index >= 15 is 0 Å². The number of rotatable bonds is 6. The van der Waals surface area contributed by atoms with Gasteiger partial charge < -0.3 is 20.1 Å². The third kappa shape index (κ3) is 4.94. The van der Waals surface area contributed by atoms with Crippen LogP contribution in [0.5, 0.6) is 5.75 Å². The number of hydrogen-bond donors (Lipinski definition) is 2. The lowest BCUT2D eigenvalue weighted by Gasteiger charge is -2.58. The highest BCUT2D eigenvalue weighted by molar-refractivity contribution is 5.98. The summed E-state index contributed by atoms with van der Waals surface area (Å²) in [5, 5.41) is 14.4. The molecule has 8 rings (SSSR count). The second-order valence-electron chi connectivity index (χ2n) is 12.7. The Morgan fingerprint density at radius 2 is 1.76 bits per heavy atom. The van der Waals surface area contributed by atoms with Gasteiger partial charge in [0.25, 0.3) is 0 Å². The van der Waals surface area contributed by atoms with Gasteiger partial charge in [0, 0.05) is 30.4 Å². The van der Waals surface area contributed by atoms with Crippen molar-refractivity contribution in [3.8, 4) is 17.0 Å². The topological polar surface area (TPSA) is 77.9 Å². The molecule has 7 nitrogen and oxygen atoms in total. The Hall–Kier alpha value is -3.58. The number of benzene rings is 2. The van der Waals surface area contributed by atoms with Crippen molar-refractivity contribution in [2.45, 2.75) is 70.1 Å². The number of carbonyl (C=O) groups excluding carboxylic acids is 1. The normalized spacial score (nSPS) is 28.8. The number of hydrogen-bond acceptors (Lipinski definition) is 5. The van der Waals surface area contributed by atoms with Gasteiger partial charge in [-0.1, -0.05) is 31.2 Å². The summed E-state index contributed by atoms with van der Waals surface area (Å²) < 4.78 is 5.87. The highest BCUT2D eigenvalue weighted by atomic mass is 16.5. The fourth-order valence-corrected chi connectivity index (χ4v) is 8.03. The number of urea groups is 1. The van der Waals surface area contributed by atoms with Crippen LogP contribution >= 0.6 is 0 Å². The number of aliphatic hydroxyl groups is 1. The third-order valence-corrected chi connectivity index (χ3v) is 9.91. The molecule has 0 spiro atoms. The summed E-state index contributed by atoms with van der Waals surface area (Å²) in [5.74, 6) is 2.20. The van der Waals surface area contributed by atoms with Crippen molar-refractivity contribution < 1.29 is 14.6 Å². The highest BCUT2D eigenvalue weighted by Gasteiger charge is 2.55. The van der Waals surface area contributed by atoms with E-state index in [1.54, 1.807) is 6.20 Å². The van der Waals surface area contributed by atoms with E-state index in [2.05, 4.69) is 59.4 Å². The first-order chi connectivity index (χ1) is 19.9. The van der Waals surface area contributed by atoms with E-state index in [-0.39, 0.29) is 18.2 Å². The SMILES string of the molecule is CCC(C)Oc1ccc(-c2ccc(N3CCN(C(=O)NC4C5CC6CC4CC(O)(C6)C5)c4ccccc43)cc2)nc1. The van der Waals surface area contributed by atoms with Crippen molar-refractivity contribution in [2.24, 2.45) is 17.8 Å². The summed E-state index contributed by atoms with van der Waals surface area (Å²) in [6, 6.07) is 20.8. The molecule has 41 heavy (non-hydrogen) atoms. The number of fused-ring (bicyclic) bond motifs is 1. The fourth-order valence-electron chi connectivity index (χ4n) is 8.03. The van der Waals surface area contributed by atoms with Crippen LogP contribution in [-0.2, 0) is 0 Å². The number of nitrogens with one attached hydrogen (secondary N) is 1. The lowest BCUT2D eigenvalue weighted by atomic mass is 9.52. The van der Waals surface area contributed by atoms with Crippen LogP contribution in [-0.4, -0.2) is 47.0 Å².